The van der Waals surface area contributed by atoms with E-state index >= 15 is 4.39 Å². The maximum absolute atomic E-state index is 15.1. The lowest BCUT2D eigenvalue weighted by Crippen LogP contribution is -1.94. The Morgan fingerprint density at radius 1 is 0.697 bits per heavy atom. The van der Waals surface area contributed by atoms with Crippen molar-refractivity contribution < 1.29 is 4.39 Å². The van der Waals surface area contributed by atoms with Gasteiger partial charge in [0, 0.05) is 10.9 Å². The lowest BCUT2D eigenvalue weighted by atomic mass is 9.98. The average molecular weight is 432 g/mol. The molecule has 0 saturated heterocycles. The number of hydrogen-bond donors (Lipinski definition) is 0. The maximum atomic E-state index is 15.1. The zero-order chi connectivity index (χ0) is 23.0. The summed E-state index contributed by atoms with van der Waals surface area (Å²) < 4.78 is 15.1. The fourth-order valence-corrected chi connectivity index (χ4v) is 3.90. The lowest BCUT2D eigenvalue weighted by Gasteiger charge is -2.07. The first-order valence-corrected chi connectivity index (χ1v) is 11.5. The van der Waals surface area contributed by atoms with Crippen LogP contribution in [0.15, 0.2) is 78.9 Å². The Bertz CT molecular complexity index is 1350. The van der Waals surface area contributed by atoms with E-state index in [1.807, 2.05) is 18.2 Å². The first-order chi connectivity index (χ1) is 16.2. The van der Waals surface area contributed by atoms with Crippen molar-refractivity contribution in [2.24, 2.45) is 0 Å². The summed E-state index contributed by atoms with van der Waals surface area (Å²) in [6.45, 7) is 2.22. The molecule has 0 aliphatic rings. The van der Waals surface area contributed by atoms with Crippen LogP contribution in [0.1, 0.15) is 53.1 Å². The first-order valence-electron chi connectivity index (χ1n) is 11.5. The maximum Gasteiger partial charge on any atom is 0.146 e. The molecule has 0 aromatic heterocycles. The van der Waals surface area contributed by atoms with Crippen molar-refractivity contribution in [2.45, 2.75) is 39.0 Å². The first kappa shape index (κ1) is 22.3. The van der Waals surface area contributed by atoms with Crippen LogP contribution in [0.3, 0.4) is 0 Å². The molecular weight excluding hydrogens is 405 g/mol. The van der Waals surface area contributed by atoms with Gasteiger partial charge < -0.3 is 0 Å². The second-order valence-electron chi connectivity index (χ2n) is 8.34. The van der Waals surface area contributed by atoms with Crippen molar-refractivity contribution in [3.8, 4) is 17.9 Å². The van der Waals surface area contributed by atoms with E-state index in [1.54, 1.807) is 30.3 Å². The van der Waals surface area contributed by atoms with Gasteiger partial charge in [0.25, 0.3) is 0 Å². The molecule has 4 rings (SSSR count). The van der Waals surface area contributed by atoms with Gasteiger partial charge in [-0.05, 0) is 78.1 Å². The molecule has 4 aromatic rings. The van der Waals surface area contributed by atoms with Crippen LogP contribution in [0.25, 0.3) is 10.8 Å². The highest BCUT2D eigenvalue weighted by Crippen LogP contribution is 2.23. The second-order valence-corrected chi connectivity index (χ2v) is 8.34. The summed E-state index contributed by atoms with van der Waals surface area (Å²) >= 11 is 0. The van der Waals surface area contributed by atoms with Gasteiger partial charge >= 0.3 is 0 Å². The number of rotatable bonds is 6. The molecule has 0 unspecified atom stereocenters. The molecular formula is C31H26FN. The number of nitriles is 1. The van der Waals surface area contributed by atoms with Crippen LogP contribution in [-0.2, 0) is 19.3 Å². The van der Waals surface area contributed by atoms with Crippen LogP contribution >= 0.6 is 0 Å². The lowest BCUT2D eigenvalue weighted by molar-refractivity contribution is 0.636. The molecule has 0 N–H and O–H groups in total. The molecule has 4 aromatic carbocycles. The third-order valence-electron chi connectivity index (χ3n) is 5.92. The smallest absolute Gasteiger partial charge is 0.146 e. The molecule has 0 fully saturated rings. The van der Waals surface area contributed by atoms with Gasteiger partial charge in [0.05, 0.1) is 17.2 Å². The summed E-state index contributed by atoms with van der Waals surface area (Å²) in [6.07, 6.45) is 5.49. The van der Waals surface area contributed by atoms with E-state index in [0.29, 0.717) is 16.5 Å². The van der Waals surface area contributed by atoms with Crippen molar-refractivity contribution in [3.05, 3.63) is 118 Å². The minimum absolute atomic E-state index is 0.289. The van der Waals surface area contributed by atoms with Gasteiger partial charge in [-0.25, -0.2) is 4.39 Å². The second kappa shape index (κ2) is 10.6. The minimum atomic E-state index is -0.289. The summed E-state index contributed by atoms with van der Waals surface area (Å²) in [5.74, 6) is 5.62. The van der Waals surface area contributed by atoms with Crippen molar-refractivity contribution in [1.82, 2.24) is 0 Å². The number of benzene rings is 4. The Kier molecular flexibility index (Phi) is 7.19. The highest BCUT2D eigenvalue weighted by Gasteiger charge is 2.07. The largest absolute Gasteiger partial charge is 0.205 e. The monoisotopic (exact) mass is 431 g/mol. The van der Waals surface area contributed by atoms with Crippen molar-refractivity contribution in [1.29, 1.82) is 5.26 Å². The van der Waals surface area contributed by atoms with E-state index in [1.165, 1.54) is 29.5 Å². The van der Waals surface area contributed by atoms with Crippen molar-refractivity contribution in [3.63, 3.8) is 0 Å². The van der Waals surface area contributed by atoms with Gasteiger partial charge in [0.2, 0.25) is 0 Å². The Morgan fingerprint density at radius 3 is 2.03 bits per heavy atom. The van der Waals surface area contributed by atoms with Crippen LogP contribution < -0.4 is 0 Å². The van der Waals surface area contributed by atoms with Crippen molar-refractivity contribution in [2.75, 3.05) is 0 Å². The van der Waals surface area contributed by atoms with Gasteiger partial charge in [-0.1, -0.05) is 73.7 Å². The van der Waals surface area contributed by atoms with Crippen LogP contribution in [0.2, 0.25) is 0 Å². The molecule has 1 nitrogen and oxygen atoms in total. The van der Waals surface area contributed by atoms with E-state index in [-0.39, 0.29) is 5.82 Å². The highest BCUT2D eigenvalue weighted by atomic mass is 19.1. The van der Waals surface area contributed by atoms with Gasteiger partial charge in [0.1, 0.15) is 5.82 Å². The fourth-order valence-electron chi connectivity index (χ4n) is 3.90. The van der Waals surface area contributed by atoms with Crippen LogP contribution in [-0.4, -0.2) is 0 Å². The molecule has 0 amide bonds. The topological polar surface area (TPSA) is 23.8 Å². The van der Waals surface area contributed by atoms with Gasteiger partial charge in [-0.3, -0.25) is 0 Å². The van der Waals surface area contributed by atoms with Crippen LogP contribution in [0.5, 0.6) is 0 Å². The van der Waals surface area contributed by atoms with E-state index in [9.17, 15) is 0 Å². The predicted molar refractivity (Wildman–Crippen MR) is 134 cm³/mol. The number of aryl methyl sites for hydroxylation is 3. The minimum Gasteiger partial charge on any atom is -0.205 e. The van der Waals surface area contributed by atoms with E-state index < -0.39 is 0 Å². The molecule has 0 saturated carbocycles. The Morgan fingerprint density at radius 2 is 1.33 bits per heavy atom. The summed E-state index contributed by atoms with van der Waals surface area (Å²) in [7, 11) is 0. The zero-order valence-corrected chi connectivity index (χ0v) is 18.9. The van der Waals surface area contributed by atoms with E-state index in [4.69, 9.17) is 5.26 Å². The molecule has 0 atom stereocenters. The van der Waals surface area contributed by atoms with Crippen molar-refractivity contribution >= 4 is 10.8 Å². The molecule has 0 aliphatic heterocycles. The third-order valence-corrected chi connectivity index (χ3v) is 5.92. The number of hydrogen-bond acceptors (Lipinski definition) is 1. The molecule has 0 spiro atoms. The third kappa shape index (κ3) is 5.68. The van der Waals surface area contributed by atoms with Gasteiger partial charge in [-0.15, -0.1) is 0 Å². The fraction of sp³-hybridized carbons (Fsp3) is 0.194. The van der Waals surface area contributed by atoms with Gasteiger partial charge in [0.15, 0.2) is 0 Å². The molecule has 2 heteroatoms. The number of halogens is 1. The Hall–Kier alpha value is -3.88. The zero-order valence-electron chi connectivity index (χ0n) is 18.9. The predicted octanol–water partition coefficient (Wildman–Crippen LogP) is 7.38. The molecule has 0 aliphatic carbocycles. The summed E-state index contributed by atoms with van der Waals surface area (Å²) in [6, 6.07) is 27.6. The molecule has 0 heterocycles. The SMILES string of the molecule is CCCCc1ccc(CCc2ccc3c(F)c(C#Cc4ccc(C#N)cc4)ccc3c2)cc1. The van der Waals surface area contributed by atoms with E-state index in [2.05, 4.69) is 55.2 Å². The normalized spacial score (nSPS) is 10.5. The average Bonchev–Trinajstić information content (AvgIpc) is 2.86. The van der Waals surface area contributed by atoms with E-state index in [0.717, 1.165) is 30.2 Å². The Labute approximate surface area is 195 Å². The van der Waals surface area contributed by atoms with Crippen LogP contribution in [0.4, 0.5) is 4.39 Å². The van der Waals surface area contributed by atoms with Gasteiger partial charge in [-0.2, -0.15) is 5.26 Å². The molecule has 33 heavy (non-hydrogen) atoms. The number of unbranched alkanes of at least 4 members (excludes halogenated alkanes) is 1. The number of nitrogens with zero attached hydrogens (tertiary/aromatic N) is 1. The summed E-state index contributed by atoms with van der Waals surface area (Å²) in [5, 5.41) is 10.4. The highest BCUT2D eigenvalue weighted by molar-refractivity contribution is 5.85. The number of fused-ring (bicyclic) bond motifs is 1. The molecule has 0 bridgehead atoms. The standard InChI is InChI=1S/C31H26FN/c1-2-3-4-23-5-7-24(8-6-23)9-12-26-16-20-30-29(21-26)19-18-28(31(30)32)17-15-25-10-13-27(22-33)14-11-25/h5-8,10-11,13-14,16,18-21H,2-4,9,12H2,1H3. The summed E-state index contributed by atoms with van der Waals surface area (Å²) in [5.41, 5.74) is 5.64. The molecule has 0 radical (unpaired) electrons. The summed E-state index contributed by atoms with van der Waals surface area (Å²) in [4.78, 5) is 0. The van der Waals surface area contributed by atoms with Crippen LogP contribution in [0, 0.1) is 29.0 Å². The molecule has 162 valence electrons. The Balaban J connectivity index is 1.46. The quantitative estimate of drug-likeness (QED) is 0.292.